The van der Waals surface area contributed by atoms with Gasteiger partial charge in [-0.15, -0.1) is 0 Å². The van der Waals surface area contributed by atoms with Gasteiger partial charge in [-0.25, -0.2) is 0 Å². The van der Waals surface area contributed by atoms with Crippen molar-refractivity contribution in [3.05, 3.63) is 0 Å². The van der Waals surface area contributed by atoms with Crippen molar-refractivity contribution in [3.8, 4) is 0 Å². The van der Waals surface area contributed by atoms with Gasteiger partial charge in [-0.3, -0.25) is 4.90 Å². The maximum Gasteiger partial charge on any atom is 0.0195 e. The van der Waals surface area contributed by atoms with Crippen LogP contribution in [0.3, 0.4) is 0 Å². The first-order valence-electron chi connectivity index (χ1n) is 9.03. The Morgan fingerprint density at radius 1 is 1.10 bits per heavy atom. The molecule has 0 saturated carbocycles. The number of nitrogens with zero attached hydrogens (tertiary/aromatic N) is 2. The molecule has 2 fully saturated rings. The average Bonchev–Trinajstić information content (AvgIpc) is 2.86. The van der Waals surface area contributed by atoms with E-state index in [0.29, 0.717) is 0 Å². The molecular weight excluding hydrogens is 246 g/mol. The van der Waals surface area contributed by atoms with Crippen molar-refractivity contribution >= 4 is 0 Å². The van der Waals surface area contributed by atoms with E-state index in [1.54, 1.807) is 0 Å². The summed E-state index contributed by atoms with van der Waals surface area (Å²) in [5.74, 6) is 0. The van der Waals surface area contributed by atoms with E-state index >= 15 is 0 Å². The summed E-state index contributed by atoms with van der Waals surface area (Å²) in [5, 5.41) is 3.69. The van der Waals surface area contributed by atoms with E-state index in [-0.39, 0.29) is 0 Å². The Kier molecular flexibility index (Phi) is 7.32. The van der Waals surface area contributed by atoms with E-state index in [4.69, 9.17) is 0 Å². The molecule has 0 amide bonds. The Morgan fingerprint density at radius 3 is 2.70 bits per heavy atom. The Balaban J connectivity index is 1.86. The van der Waals surface area contributed by atoms with E-state index in [0.717, 1.165) is 12.1 Å². The fourth-order valence-corrected chi connectivity index (χ4v) is 3.80. The first-order chi connectivity index (χ1) is 9.83. The fraction of sp³-hybridized carbons (Fsp3) is 1.00. The molecule has 2 aliphatic heterocycles. The zero-order chi connectivity index (χ0) is 14.2. The standard InChI is InChI=1S/C17H35N3/c1-3-5-13-20(15-16-8-6-11-18-16)17-9-7-12-19(4-2)14-10-17/h16-18H,3-15H2,1-2H3. The van der Waals surface area contributed by atoms with Crippen molar-refractivity contribution in [1.82, 2.24) is 15.1 Å². The van der Waals surface area contributed by atoms with E-state index in [9.17, 15) is 0 Å². The van der Waals surface area contributed by atoms with Gasteiger partial charge in [0.2, 0.25) is 0 Å². The van der Waals surface area contributed by atoms with Gasteiger partial charge >= 0.3 is 0 Å². The minimum absolute atomic E-state index is 0.761. The highest BCUT2D eigenvalue weighted by Gasteiger charge is 2.25. The Morgan fingerprint density at radius 2 is 2.00 bits per heavy atom. The summed E-state index contributed by atoms with van der Waals surface area (Å²) in [5.41, 5.74) is 0. The van der Waals surface area contributed by atoms with Crippen molar-refractivity contribution in [2.75, 3.05) is 39.3 Å². The maximum atomic E-state index is 3.69. The summed E-state index contributed by atoms with van der Waals surface area (Å²) < 4.78 is 0. The van der Waals surface area contributed by atoms with Crippen LogP contribution in [0.25, 0.3) is 0 Å². The first kappa shape index (κ1) is 16.3. The second-order valence-corrected chi connectivity index (χ2v) is 6.66. The van der Waals surface area contributed by atoms with E-state index < -0.39 is 0 Å². The molecule has 2 saturated heterocycles. The summed E-state index contributed by atoms with van der Waals surface area (Å²) in [6.07, 6.45) is 9.62. The molecule has 0 aromatic heterocycles. The normalized spacial score (nSPS) is 28.9. The van der Waals surface area contributed by atoms with Gasteiger partial charge in [0.05, 0.1) is 0 Å². The van der Waals surface area contributed by atoms with Crippen LogP contribution in [0.2, 0.25) is 0 Å². The second kappa shape index (κ2) is 9.01. The zero-order valence-corrected chi connectivity index (χ0v) is 13.7. The highest BCUT2D eigenvalue weighted by atomic mass is 15.2. The predicted molar refractivity (Wildman–Crippen MR) is 87.3 cm³/mol. The van der Waals surface area contributed by atoms with Gasteiger partial charge in [0, 0.05) is 18.6 Å². The molecule has 0 spiro atoms. The first-order valence-corrected chi connectivity index (χ1v) is 9.03. The van der Waals surface area contributed by atoms with Crippen molar-refractivity contribution in [3.63, 3.8) is 0 Å². The van der Waals surface area contributed by atoms with E-state index in [1.165, 1.54) is 84.2 Å². The molecule has 2 unspecified atom stereocenters. The minimum atomic E-state index is 0.761. The molecule has 2 atom stereocenters. The molecule has 0 bridgehead atoms. The summed E-state index contributed by atoms with van der Waals surface area (Å²) >= 11 is 0. The molecule has 2 heterocycles. The molecule has 0 aliphatic carbocycles. The Hall–Kier alpha value is -0.120. The molecule has 0 radical (unpaired) electrons. The second-order valence-electron chi connectivity index (χ2n) is 6.66. The zero-order valence-electron chi connectivity index (χ0n) is 13.7. The minimum Gasteiger partial charge on any atom is -0.313 e. The van der Waals surface area contributed by atoms with Gasteiger partial charge in [-0.1, -0.05) is 20.3 Å². The van der Waals surface area contributed by atoms with Crippen LogP contribution in [0.1, 0.15) is 58.8 Å². The Bertz CT molecular complexity index is 251. The molecule has 1 N–H and O–H groups in total. The van der Waals surface area contributed by atoms with Gasteiger partial charge in [0.1, 0.15) is 0 Å². The third-order valence-electron chi connectivity index (χ3n) is 5.17. The van der Waals surface area contributed by atoms with Crippen LogP contribution >= 0.6 is 0 Å². The van der Waals surface area contributed by atoms with E-state index in [1.807, 2.05) is 0 Å². The summed E-state index contributed by atoms with van der Waals surface area (Å²) in [6.45, 7) is 12.3. The number of hydrogen-bond donors (Lipinski definition) is 1. The largest absolute Gasteiger partial charge is 0.313 e. The number of unbranched alkanes of at least 4 members (excludes halogenated alkanes) is 1. The summed E-state index contributed by atoms with van der Waals surface area (Å²) in [4.78, 5) is 5.46. The van der Waals surface area contributed by atoms with Gasteiger partial charge < -0.3 is 10.2 Å². The molecule has 0 aromatic carbocycles. The molecular formula is C17H35N3. The monoisotopic (exact) mass is 281 g/mol. The van der Waals surface area contributed by atoms with Crippen LogP contribution in [0.5, 0.6) is 0 Å². The van der Waals surface area contributed by atoms with Gasteiger partial charge in [-0.2, -0.15) is 0 Å². The molecule has 2 aliphatic rings. The molecule has 118 valence electrons. The quantitative estimate of drug-likeness (QED) is 0.774. The molecule has 3 heteroatoms. The third-order valence-corrected chi connectivity index (χ3v) is 5.17. The smallest absolute Gasteiger partial charge is 0.0195 e. The van der Waals surface area contributed by atoms with Crippen LogP contribution in [-0.2, 0) is 0 Å². The van der Waals surface area contributed by atoms with Crippen LogP contribution in [0.4, 0.5) is 0 Å². The number of likely N-dealkylation sites (tertiary alicyclic amines) is 1. The van der Waals surface area contributed by atoms with Crippen LogP contribution in [0, 0.1) is 0 Å². The van der Waals surface area contributed by atoms with Crippen molar-refractivity contribution in [2.24, 2.45) is 0 Å². The number of rotatable bonds is 7. The summed E-state index contributed by atoms with van der Waals surface area (Å²) in [7, 11) is 0. The van der Waals surface area contributed by atoms with Gasteiger partial charge in [-0.05, 0) is 71.2 Å². The molecule has 0 aromatic rings. The average molecular weight is 281 g/mol. The fourth-order valence-electron chi connectivity index (χ4n) is 3.80. The lowest BCUT2D eigenvalue weighted by atomic mass is 10.1. The SMILES string of the molecule is CCCCN(CC1CCCN1)C1CCCN(CC)CC1. The van der Waals surface area contributed by atoms with Gasteiger partial charge in [0.25, 0.3) is 0 Å². The van der Waals surface area contributed by atoms with Crippen molar-refractivity contribution in [1.29, 1.82) is 0 Å². The molecule has 2 rings (SSSR count). The predicted octanol–water partition coefficient (Wildman–Crippen LogP) is 2.71. The molecule has 20 heavy (non-hydrogen) atoms. The lowest BCUT2D eigenvalue weighted by molar-refractivity contribution is 0.160. The van der Waals surface area contributed by atoms with Gasteiger partial charge in [0.15, 0.2) is 0 Å². The van der Waals surface area contributed by atoms with Crippen LogP contribution in [-0.4, -0.2) is 61.2 Å². The molecule has 3 nitrogen and oxygen atoms in total. The lowest BCUT2D eigenvalue weighted by Crippen LogP contribution is -2.44. The van der Waals surface area contributed by atoms with E-state index in [2.05, 4.69) is 29.0 Å². The highest BCUT2D eigenvalue weighted by Crippen LogP contribution is 2.19. The summed E-state index contributed by atoms with van der Waals surface area (Å²) in [6, 6.07) is 1.60. The number of nitrogens with one attached hydrogen (secondary N) is 1. The maximum absolute atomic E-state index is 3.69. The lowest BCUT2D eigenvalue weighted by Gasteiger charge is -2.33. The third kappa shape index (κ3) is 5.01. The highest BCUT2D eigenvalue weighted by molar-refractivity contribution is 4.83. The van der Waals surface area contributed by atoms with Crippen molar-refractivity contribution in [2.45, 2.75) is 70.9 Å². The Labute approximate surface area is 126 Å². The topological polar surface area (TPSA) is 18.5 Å². The number of hydrogen-bond acceptors (Lipinski definition) is 3. The van der Waals surface area contributed by atoms with Crippen LogP contribution < -0.4 is 5.32 Å². The van der Waals surface area contributed by atoms with Crippen molar-refractivity contribution < 1.29 is 0 Å². The van der Waals surface area contributed by atoms with Crippen LogP contribution in [0.15, 0.2) is 0 Å².